The zero-order valence-electron chi connectivity index (χ0n) is 12.6. The average Bonchev–Trinajstić information content (AvgIpc) is 3.19. The molecule has 0 aromatic heterocycles. The van der Waals surface area contributed by atoms with Crippen LogP contribution in [0.3, 0.4) is 0 Å². The molecular weight excluding hydrogens is 220 g/mol. The second-order valence-corrected chi connectivity index (χ2v) is 7.74. The highest BCUT2D eigenvalue weighted by atomic mass is 15.3. The Hall–Kier alpha value is -0.0800. The summed E-state index contributed by atoms with van der Waals surface area (Å²) >= 11 is 0. The van der Waals surface area contributed by atoms with E-state index in [0.717, 1.165) is 29.8 Å². The second-order valence-electron chi connectivity index (χ2n) is 7.74. The fraction of sp³-hybridized carbons (Fsp3) is 1.00. The molecule has 2 aliphatic carbocycles. The van der Waals surface area contributed by atoms with E-state index in [9.17, 15) is 0 Å². The van der Waals surface area contributed by atoms with Gasteiger partial charge in [-0.15, -0.1) is 0 Å². The average molecular weight is 250 g/mol. The zero-order chi connectivity index (χ0) is 12.9. The van der Waals surface area contributed by atoms with Crippen LogP contribution < -0.4 is 5.32 Å². The first-order chi connectivity index (χ1) is 8.50. The minimum Gasteiger partial charge on any atom is -0.311 e. The van der Waals surface area contributed by atoms with Gasteiger partial charge in [-0.3, -0.25) is 4.90 Å². The Morgan fingerprint density at radius 1 is 1.11 bits per heavy atom. The van der Waals surface area contributed by atoms with Crippen molar-refractivity contribution >= 4 is 0 Å². The molecule has 1 saturated heterocycles. The lowest BCUT2D eigenvalue weighted by atomic mass is 9.87. The lowest BCUT2D eigenvalue weighted by Gasteiger charge is -2.51. The predicted octanol–water partition coefficient (Wildman–Crippen LogP) is 2.88. The molecule has 2 saturated carbocycles. The Kier molecular flexibility index (Phi) is 3.22. The third-order valence-electron chi connectivity index (χ3n) is 5.66. The maximum Gasteiger partial charge on any atom is 0.0249 e. The Labute approximate surface area is 113 Å². The first-order valence-electron chi connectivity index (χ1n) is 8.00. The molecule has 3 rings (SSSR count). The van der Waals surface area contributed by atoms with Gasteiger partial charge in [0.1, 0.15) is 0 Å². The third kappa shape index (κ3) is 2.34. The lowest BCUT2D eigenvalue weighted by molar-refractivity contribution is -0.00529. The number of rotatable bonds is 4. The van der Waals surface area contributed by atoms with E-state index in [-0.39, 0.29) is 0 Å². The maximum absolute atomic E-state index is 3.83. The van der Waals surface area contributed by atoms with Crippen LogP contribution in [-0.2, 0) is 0 Å². The molecule has 2 nitrogen and oxygen atoms in total. The van der Waals surface area contributed by atoms with Crippen molar-refractivity contribution in [2.24, 2.45) is 17.8 Å². The van der Waals surface area contributed by atoms with Gasteiger partial charge >= 0.3 is 0 Å². The van der Waals surface area contributed by atoms with Crippen molar-refractivity contribution < 1.29 is 0 Å². The molecule has 2 atom stereocenters. The van der Waals surface area contributed by atoms with Gasteiger partial charge in [0.25, 0.3) is 0 Å². The van der Waals surface area contributed by atoms with Crippen molar-refractivity contribution in [3.63, 3.8) is 0 Å². The van der Waals surface area contributed by atoms with Crippen molar-refractivity contribution in [2.75, 3.05) is 13.1 Å². The van der Waals surface area contributed by atoms with Gasteiger partial charge in [-0.25, -0.2) is 0 Å². The van der Waals surface area contributed by atoms with E-state index in [4.69, 9.17) is 0 Å². The van der Waals surface area contributed by atoms with Crippen LogP contribution in [0, 0.1) is 17.8 Å². The number of hydrogen-bond acceptors (Lipinski definition) is 2. The normalized spacial score (nSPS) is 35.2. The van der Waals surface area contributed by atoms with Gasteiger partial charge < -0.3 is 5.32 Å². The van der Waals surface area contributed by atoms with Crippen LogP contribution in [-0.4, -0.2) is 35.6 Å². The van der Waals surface area contributed by atoms with Gasteiger partial charge in [-0.2, -0.15) is 0 Å². The number of nitrogens with zero attached hydrogens (tertiary/aromatic N) is 1. The van der Waals surface area contributed by atoms with Crippen molar-refractivity contribution in [2.45, 2.75) is 71.0 Å². The summed E-state index contributed by atoms with van der Waals surface area (Å²) in [6.45, 7) is 12.3. The minimum absolute atomic E-state index is 0.421. The summed E-state index contributed by atoms with van der Waals surface area (Å²) in [6.07, 6.45) is 5.83. The van der Waals surface area contributed by atoms with Gasteiger partial charge in [0.15, 0.2) is 0 Å². The summed E-state index contributed by atoms with van der Waals surface area (Å²) in [6, 6.07) is 1.51. The summed E-state index contributed by atoms with van der Waals surface area (Å²) < 4.78 is 0. The lowest BCUT2D eigenvalue weighted by Crippen LogP contribution is -2.65. The highest BCUT2D eigenvalue weighted by Gasteiger charge is 2.48. The first-order valence-corrected chi connectivity index (χ1v) is 8.00. The van der Waals surface area contributed by atoms with E-state index >= 15 is 0 Å². The topological polar surface area (TPSA) is 15.3 Å². The van der Waals surface area contributed by atoms with Gasteiger partial charge in [0, 0.05) is 30.7 Å². The smallest absolute Gasteiger partial charge is 0.0249 e. The van der Waals surface area contributed by atoms with Gasteiger partial charge in [0.05, 0.1) is 0 Å². The summed E-state index contributed by atoms with van der Waals surface area (Å²) in [5.41, 5.74) is 0.421. The monoisotopic (exact) mass is 250 g/mol. The molecule has 2 heteroatoms. The van der Waals surface area contributed by atoms with Gasteiger partial charge in [-0.1, -0.05) is 13.8 Å². The summed E-state index contributed by atoms with van der Waals surface area (Å²) in [7, 11) is 0. The molecule has 3 fully saturated rings. The molecular formula is C16H30N2. The van der Waals surface area contributed by atoms with Crippen molar-refractivity contribution in [3.8, 4) is 0 Å². The second kappa shape index (κ2) is 4.49. The van der Waals surface area contributed by atoms with Gasteiger partial charge in [0.2, 0.25) is 0 Å². The molecule has 0 aromatic carbocycles. The number of piperazine rings is 1. The standard InChI is InChI=1S/C16H30N2/c1-11(2)15-9-17-14(12-5-6-12)10-18(15)16(3,4)13-7-8-13/h11-15,17H,5-10H2,1-4H3. The van der Waals surface area contributed by atoms with Crippen molar-refractivity contribution in [1.82, 2.24) is 10.2 Å². The van der Waals surface area contributed by atoms with Crippen molar-refractivity contribution in [1.29, 1.82) is 0 Å². The van der Waals surface area contributed by atoms with E-state index in [1.807, 2.05) is 0 Å². The molecule has 104 valence electrons. The molecule has 1 N–H and O–H groups in total. The summed E-state index contributed by atoms with van der Waals surface area (Å²) in [4.78, 5) is 2.87. The molecule has 1 aliphatic heterocycles. The molecule has 1 heterocycles. The van der Waals surface area contributed by atoms with E-state index in [1.54, 1.807) is 0 Å². The van der Waals surface area contributed by atoms with Crippen molar-refractivity contribution in [3.05, 3.63) is 0 Å². The minimum atomic E-state index is 0.421. The Morgan fingerprint density at radius 3 is 2.28 bits per heavy atom. The van der Waals surface area contributed by atoms with Crippen LogP contribution in [0.5, 0.6) is 0 Å². The van der Waals surface area contributed by atoms with Crippen LogP contribution >= 0.6 is 0 Å². The molecule has 0 aromatic rings. The fourth-order valence-electron chi connectivity index (χ4n) is 3.89. The van der Waals surface area contributed by atoms with Crippen LogP contribution in [0.25, 0.3) is 0 Å². The molecule has 3 aliphatic rings. The molecule has 0 amide bonds. The molecule has 18 heavy (non-hydrogen) atoms. The summed E-state index contributed by atoms with van der Waals surface area (Å²) in [5.74, 6) is 2.70. The van der Waals surface area contributed by atoms with E-state index in [0.29, 0.717) is 5.54 Å². The van der Waals surface area contributed by atoms with Crippen LogP contribution in [0.1, 0.15) is 53.4 Å². The van der Waals surface area contributed by atoms with Gasteiger partial charge in [-0.05, 0) is 57.3 Å². The van der Waals surface area contributed by atoms with E-state index in [2.05, 4.69) is 37.9 Å². The van der Waals surface area contributed by atoms with E-state index < -0.39 is 0 Å². The zero-order valence-corrected chi connectivity index (χ0v) is 12.6. The number of hydrogen-bond donors (Lipinski definition) is 1. The highest BCUT2D eigenvalue weighted by Crippen LogP contribution is 2.45. The van der Waals surface area contributed by atoms with E-state index in [1.165, 1.54) is 38.8 Å². The SMILES string of the molecule is CC(C)C1CNC(C2CC2)CN1C(C)(C)C1CC1. The maximum atomic E-state index is 3.83. The van der Waals surface area contributed by atoms with Crippen LogP contribution in [0.2, 0.25) is 0 Å². The Morgan fingerprint density at radius 2 is 1.78 bits per heavy atom. The largest absolute Gasteiger partial charge is 0.311 e. The van der Waals surface area contributed by atoms with Crippen LogP contribution in [0.15, 0.2) is 0 Å². The first kappa shape index (κ1) is 12.9. The highest BCUT2D eigenvalue weighted by molar-refractivity contribution is 5.04. The summed E-state index contributed by atoms with van der Waals surface area (Å²) in [5, 5.41) is 3.83. The molecule has 2 unspecified atom stereocenters. The predicted molar refractivity (Wildman–Crippen MR) is 76.6 cm³/mol. The quantitative estimate of drug-likeness (QED) is 0.825. The number of nitrogens with one attached hydrogen (secondary N) is 1. The molecule has 0 bridgehead atoms. The van der Waals surface area contributed by atoms with Crippen LogP contribution in [0.4, 0.5) is 0 Å². The Balaban J connectivity index is 1.75. The fourth-order valence-corrected chi connectivity index (χ4v) is 3.89. The molecule has 0 spiro atoms. The third-order valence-corrected chi connectivity index (χ3v) is 5.66. The Bertz CT molecular complexity index is 302. The molecule has 0 radical (unpaired) electrons.